The predicted octanol–water partition coefficient (Wildman–Crippen LogP) is 0.642. The van der Waals surface area contributed by atoms with Gasteiger partial charge in [0.05, 0.1) is 0 Å². The molecule has 21 heavy (non-hydrogen) atoms. The molecule has 8 nitrogen and oxygen atoms in total. The molecule has 2 rings (SSSR count). The Bertz CT molecular complexity index is 594. The first kappa shape index (κ1) is 14.5. The van der Waals surface area contributed by atoms with Crippen molar-refractivity contribution >= 4 is 34.9 Å². The lowest BCUT2D eigenvalue weighted by molar-refractivity contribution is -0.121. The summed E-state index contributed by atoms with van der Waals surface area (Å²) in [5.41, 5.74) is 3.73. The summed E-state index contributed by atoms with van der Waals surface area (Å²) in [6.45, 7) is 0. The highest BCUT2D eigenvalue weighted by atomic mass is 16.2. The van der Waals surface area contributed by atoms with Gasteiger partial charge in [0.25, 0.3) is 5.91 Å². The van der Waals surface area contributed by atoms with Gasteiger partial charge in [-0.1, -0.05) is 0 Å². The number of nitrogens with zero attached hydrogens (tertiary/aromatic N) is 1. The summed E-state index contributed by atoms with van der Waals surface area (Å²) in [7, 11) is 1.52. The molecule has 0 fully saturated rings. The zero-order chi connectivity index (χ0) is 15.2. The summed E-state index contributed by atoms with van der Waals surface area (Å²) >= 11 is 0. The van der Waals surface area contributed by atoms with Crippen molar-refractivity contribution in [1.82, 2.24) is 10.7 Å². The van der Waals surface area contributed by atoms with Crippen LogP contribution in [0.2, 0.25) is 0 Å². The highest BCUT2D eigenvalue weighted by Gasteiger charge is 2.18. The van der Waals surface area contributed by atoms with Gasteiger partial charge in [-0.3, -0.25) is 9.59 Å². The van der Waals surface area contributed by atoms with Gasteiger partial charge in [-0.25, -0.2) is 10.2 Å². The number of urea groups is 1. The molecule has 0 bridgehead atoms. The Labute approximate surface area is 121 Å². The van der Waals surface area contributed by atoms with Crippen molar-refractivity contribution in [2.75, 3.05) is 17.7 Å². The van der Waals surface area contributed by atoms with Crippen LogP contribution in [0.3, 0.4) is 0 Å². The van der Waals surface area contributed by atoms with Gasteiger partial charge >= 0.3 is 6.03 Å². The molecule has 0 saturated carbocycles. The summed E-state index contributed by atoms with van der Waals surface area (Å²) in [4.78, 5) is 34.0. The Kier molecular flexibility index (Phi) is 4.50. The Morgan fingerprint density at radius 3 is 2.24 bits per heavy atom. The first-order valence-electron chi connectivity index (χ1n) is 6.34. The second-order valence-electron chi connectivity index (χ2n) is 4.33. The fourth-order valence-corrected chi connectivity index (χ4v) is 1.67. The van der Waals surface area contributed by atoms with E-state index >= 15 is 0 Å². The monoisotopic (exact) mass is 289 g/mol. The lowest BCUT2D eigenvalue weighted by Gasteiger charge is -2.12. The average molecular weight is 289 g/mol. The van der Waals surface area contributed by atoms with Gasteiger partial charge in [-0.05, 0) is 24.3 Å². The van der Waals surface area contributed by atoms with Gasteiger partial charge in [0, 0.05) is 31.3 Å². The maximum Gasteiger partial charge on any atom is 0.318 e. The largest absolute Gasteiger partial charge is 0.341 e. The Balaban J connectivity index is 1.95. The number of nitrogens with one attached hydrogen (secondary N) is 4. The maximum absolute atomic E-state index is 11.9. The van der Waals surface area contributed by atoms with E-state index in [-0.39, 0.29) is 30.0 Å². The molecule has 0 aromatic heterocycles. The SMILES string of the molecule is CNC(=O)Nc1ccc(NC(=O)C2=NNC(=O)CC2)cc1. The zero-order valence-electron chi connectivity index (χ0n) is 11.4. The smallest absolute Gasteiger partial charge is 0.318 e. The minimum absolute atomic E-state index is 0.198. The fourth-order valence-electron chi connectivity index (χ4n) is 1.67. The van der Waals surface area contributed by atoms with Crippen LogP contribution in [0.15, 0.2) is 29.4 Å². The Hall–Kier alpha value is -2.90. The molecular formula is C13H15N5O3. The van der Waals surface area contributed by atoms with Gasteiger partial charge in [0.1, 0.15) is 5.71 Å². The van der Waals surface area contributed by atoms with Crippen molar-refractivity contribution in [2.24, 2.45) is 5.10 Å². The van der Waals surface area contributed by atoms with Crippen molar-refractivity contribution < 1.29 is 14.4 Å². The van der Waals surface area contributed by atoms with E-state index in [0.29, 0.717) is 17.8 Å². The topological polar surface area (TPSA) is 112 Å². The number of amides is 4. The number of hydrogen-bond acceptors (Lipinski definition) is 4. The van der Waals surface area contributed by atoms with E-state index in [1.54, 1.807) is 24.3 Å². The Morgan fingerprint density at radius 1 is 1.10 bits per heavy atom. The number of carbonyl (C=O) groups excluding carboxylic acids is 3. The number of rotatable bonds is 3. The fraction of sp³-hybridized carbons (Fsp3) is 0.231. The molecule has 0 spiro atoms. The van der Waals surface area contributed by atoms with Crippen LogP contribution in [-0.4, -0.2) is 30.6 Å². The van der Waals surface area contributed by atoms with Crippen molar-refractivity contribution in [3.63, 3.8) is 0 Å². The minimum Gasteiger partial charge on any atom is -0.341 e. The summed E-state index contributed by atoms with van der Waals surface area (Å²) in [6.07, 6.45) is 0.565. The highest BCUT2D eigenvalue weighted by molar-refractivity contribution is 6.43. The van der Waals surface area contributed by atoms with E-state index in [1.165, 1.54) is 7.05 Å². The second-order valence-corrected chi connectivity index (χ2v) is 4.33. The third kappa shape index (κ3) is 4.03. The summed E-state index contributed by atoms with van der Waals surface area (Å²) in [5.74, 6) is -0.557. The molecule has 8 heteroatoms. The summed E-state index contributed by atoms with van der Waals surface area (Å²) < 4.78 is 0. The van der Waals surface area contributed by atoms with Crippen molar-refractivity contribution in [3.8, 4) is 0 Å². The van der Waals surface area contributed by atoms with Crippen LogP contribution in [-0.2, 0) is 9.59 Å². The van der Waals surface area contributed by atoms with Crippen LogP contribution in [0.25, 0.3) is 0 Å². The van der Waals surface area contributed by atoms with Crippen molar-refractivity contribution in [1.29, 1.82) is 0 Å². The van der Waals surface area contributed by atoms with Gasteiger partial charge in [-0.2, -0.15) is 5.10 Å². The van der Waals surface area contributed by atoms with E-state index in [0.717, 1.165) is 0 Å². The first-order chi connectivity index (χ1) is 10.1. The van der Waals surface area contributed by atoms with Crippen molar-refractivity contribution in [3.05, 3.63) is 24.3 Å². The molecule has 0 atom stereocenters. The quantitative estimate of drug-likeness (QED) is 0.655. The number of benzene rings is 1. The molecule has 4 N–H and O–H groups in total. The van der Waals surface area contributed by atoms with Crippen LogP contribution in [0.4, 0.5) is 16.2 Å². The minimum atomic E-state index is -0.359. The second kappa shape index (κ2) is 6.51. The number of carbonyl (C=O) groups is 3. The number of anilines is 2. The van der Waals surface area contributed by atoms with E-state index in [9.17, 15) is 14.4 Å². The molecule has 1 aliphatic rings. The number of hydrogen-bond donors (Lipinski definition) is 4. The lowest BCUT2D eigenvalue weighted by Crippen LogP contribution is -2.32. The van der Waals surface area contributed by atoms with Gasteiger partial charge in [0.2, 0.25) is 5.91 Å². The van der Waals surface area contributed by atoms with Gasteiger partial charge < -0.3 is 16.0 Å². The molecule has 1 aliphatic heterocycles. The maximum atomic E-state index is 11.9. The molecule has 0 radical (unpaired) electrons. The third-order valence-corrected chi connectivity index (χ3v) is 2.79. The first-order valence-corrected chi connectivity index (χ1v) is 6.34. The zero-order valence-corrected chi connectivity index (χ0v) is 11.4. The molecule has 4 amide bonds. The van der Waals surface area contributed by atoms with E-state index < -0.39 is 0 Å². The van der Waals surface area contributed by atoms with Gasteiger partial charge in [-0.15, -0.1) is 0 Å². The molecule has 0 aliphatic carbocycles. The Morgan fingerprint density at radius 2 is 1.71 bits per heavy atom. The number of hydrazone groups is 1. The molecule has 1 aromatic carbocycles. The van der Waals surface area contributed by atoms with Gasteiger partial charge in [0.15, 0.2) is 0 Å². The highest BCUT2D eigenvalue weighted by Crippen LogP contribution is 2.14. The molecular weight excluding hydrogens is 274 g/mol. The van der Waals surface area contributed by atoms with E-state index in [1.807, 2.05) is 0 Å². The van der Waals surface area contributed by atoms with Crippen LogP contribution in [0, 0.1) is 0 Å². The molecule has 1 aromatic rings. The molecule has 1 heterocycles. The standard InChI is InChI=1S/C13H15N5O3/c1-14-13(21)16-9-4-2-8(3-5-9)15-12(20)10-6-7-11(19)18-17-10/h2-5H,6-7H2,1H3,(H,15,20)(H,18,19)(H2,14,16,21). The van der Waals surface area contributed by atoms with Crippen LogP contribution in [0.1, 0.15) is 12.8 Å². The summed E-state index contributed by atoms with van der Waals surface area (Å²) in [5, 5.41) is 11.4. The van der Waals surface area contributed by atoms with Crippen LogP contribution < -0.4 is 21.4 Å². The molecule has 110 valence electrons. The van der Waals surface area contributed by atoms with E-state index in [2.05, 4.69) is 26.5 Å². The van der Waals surface area contributed by atoms with E-state index in [4.69, 9.17) is 0 Å². The molecule has 0 unspecified atom stereocenters. The normalized spacial score (nSPS) is 13.8. The summed E-state index contributed by atoms with van der Waals surface area (Å²) in [6, 6.07) is 6.32. The lowest BCUT2D eigenvalue weighted by atomic mass is 10.1. The predicted molar refractivity (Wildman–Crippen MR) is 78.0 cm³/mol. The van der Waals surface area contributed by atoms with Crippen LogP contribution >= 0.6 is 0 Å². The average Bonchev–Trinajstić information content (AvgIpc) is 2.49. The van der Waals surface area contributed by atoms with Crippen molar-refractivity contribution in [2.45, 2.75) is 12.8 Å². The third-order valence-electron chi connectivity index (χ3n) is 2.79. The molecule has 0 saturated heterocycles. The van der Waals surface area contributed by atoms with Crippen LogP contribution in [0.5, 0.6) is 0 Å².